The Hall–Kier alpha value is -1.57. The van der Waals surface area contributed by atoms with E-state index in [1.54, 1.807) is 0 Å². The molecule has 0 aromatic rings. The van der Waals surface area contributed by atoms with Gasteiger partial charge in [0.2, 0.25) is 0 Å². The van der Waals surface area contributed by atoms with Crippen molar-refractivity contribution in [1.82, 2.24) is 0 Å². The minimum absolute atomic E-state index is 0.0394. The highest BCUT2D eigenvalue weighted by Gasteiger charge is 2.02. The maximum Gasteiger partial charge on any atom is 0.306 e. The summed E-state index contributed by atoms with van der Waals surface area (Å²) in [4.78, 5) is 12.1. The number of rotatable bonds is 35. The van der Waals surface area contributed by atoms with Crippen LogP contribution in [0.15, 0.2) is 46.6 Å². The van der Waals surface area contributed by atoms with E-state index in [9.17, 15) is 4.79 Å². The van der Waals surface area contributed by atoms with Crippen molar-refractivity contribution in [3.05, 3.63) is 46.6 Å². The summed E-state index contributed by atoms with van der Waals surface area (Å²) in [5, 5.41) is 0. The highest BCUT2D eigenvalue weighted by Crippen LogP contribution is 2.17. The molecule has 0 fully saturated rings. The van der Waals surface area contributed by atoms with Crippen LogP contribution in [0.5, 0.6) is 0 Å². The standard InChI is InChI=1S/C46H84O2/c1-7-8-9-10-11-12-13-14-15-16-17-18-19-20-21-22-23-24-25-26-27-28-29-39-46(47)48-41-40-45(6)38-32-37-44(5)36-31-35-43(4)34-30-33-42(2)3/h33,35,37,40H,7-32,34,36,38-39,41H2,1-6H3. The summed E-state index contributed by atoms with van der Waals surface area (Å²) < 4.78 is 5.47. The van der Waals surface area contributed by atoms with E-state index >= 15 is 0 Å². The van der Waals surface area contributed by atoms with Gasteiger partial charge >= 0.3 is 5.97 Å². The first-order chi connectivity index (χ1) is 23.3. The molecule has 0 saturated heterocycles. The van der Waals surface area contributed by atoms with Crippen molar-refractivity contribution in [2.24, 2.45) is 0 Å². The van der Waals surface area contributed by atoms with Gasteiger partial charge in [0, 0.05) is 6.42 Å². The third kappa shape index (κ3) is 37.3. The molecule has 0 aromatic heterocycles. The average Bonchev–Trinajstić information content (AvgIpc) is 3.05. The summed E-state index contributed by atoms with van der Waals surface area (Å²) >= 11 is 0. The molecule has 0 radical (unpaired) electrons. The molecule has 0 aliphatic carbocycles. The molecule has 48 heavy (non-hydrogen) atoms. The molecule has 0 unspecified atom stereocenters. The van der Waals surface area contributed by atoms with Crippen molar-refractivity contribution in [2.75, 3.05) is 6.61 Å². The predicted molar refractivity (Wildman–Crippen MR) is 216 cm³/mol. The van der Waals surface area contributed by atoms with Crippen LogP contribution in [0.25, 0.3) is 0 Å². The minimum atomic E-state index is -0.0394. The SMILES string of the molecule is CCCCCCCCCCCCCCCCCCCCCCCCCC(=O)OCC=C(C)CCC=C(C)CCC=C(C)CCC=C(C)C. The summed E-state index contributed by atoms with van der Waals surface area (Å²) in [5.74, 6) is -0.0394. The summed E-state index contributed by atoms with van der Waals surface area (Å²) in [6, 6.07) is 0. The van der Waals surface area contributed by atoms with Crippen LogP contribution in [0.3, 0.4) is 0 Å². The highest BCUT2D eigenvalue weighted by atomic mass is 16.5. The fourth-order valence-corrected chi connectivity index (χ4v) is 6.39. The largest absolute Gasteiger partial charge is 0.461 e. The summed E-state index contributed by atoms with van der Waals surface area (Å²) in [7, 11) is 0. The fourth-order valence-electron chi connectivity index (χ4n) is 6.39. The molecule has 0 atom stereocenters. The molecule has 2 heteroatoms. The van der Waals surface area contributed by atoms with Crippen LogP contribution in [-0.2, 0) is 9.53 Å². The van der Waals surface area contributed by atoms with E-state index in [1.807, 2.05) is 0 Å². The second-order valence-corrected chi connectivity index (χ2v) is 15.3. The predicted octanol–water partition coefficient (Wildman–Crippen LogP) is 16.1. The number of allylic oxidation sites excluding steroid dienone is 7. The maximum atomic E-state index is 12.1. The third-order valence-electron chi connectivity index (χ3n) is 9.81. The Balaban J connectivity index is 3.51. The summed E-state index contributed by atoms with van der Waals surface area (Å²) in [6.45, 7) is 13.7. The van der Waals surface area contributed by atoms with Gasteiger partial charge in [-0.15, -0.1) is 0 Å². The van der Waals surface area contributed by atoms with Gasteiger partial charge in [-0.1, -0.05) is 189 Å². The van der Waals surface area contributed by atoms with Crippen molar-refractivity contribution < 1.29 is 9.53 Å². The van der Waals surface area contributed by atoms with Crippen LogP contribution < -0.4 is 0 Å². The van der Waals surface area contributed by atoms with E-state index in [4.69, 9.17) is 4.74 Å². The van der Waals surface area contributed by atoms with E-state index in [-0.39, 0.29) is 5.97 Å². The molecule has 280 valence electrons. The van der Waals surface area contributed by atoms with E-state index in [2.05, 4.69) is 65.8 Å². The lowest BCUT2D eigenvalue weighted by molar-refractivity contribution is -0.142. The lowest BCUT2D eigenvalue weighted by atomic mass is 10.0. The maximum absolute atomic E-state index is 12.1. The van der Waals surface area contributed by atoms with Gasteiger partial charge in [-0.2, -0.15) is 0 Å². The van der Waals surface area contributed by atoms with E-state index in [1.165, 1.54) is 164 Å². The van der Waals surface area contributed by atoms with E-state index in [0.29, 0.717) is 13.0 Å². The smallest absolute Gasteiger partial charge is 0.306 e. The lowest BCUT2D eigenvalue weighted by Gasteiger charge is -2.05. The van der Waals surface area contributed by atoms with Gasteiger partial charge in [-0.05, 0) is 85.6 Å². The molecule has 0 spiro atoms. The number of esters is 1. The minimum Gasteiger partial charge on any atom is -0.461 e. The number of carbonyl (C=O) groups is 1. The normalized spacial score (nSPS) is 12.5. The van der Waals surface area contributed by atoms with E-state index in [0.717, 1.165) is 44.9 Å². The van der Waals surface area contributed by atoms with Gasteiger partial charge < -0.3 is 4.74 Å². The molecule has 0 heterocycles. The van der Waals surface area contributed by atoms with Gasteiger partial charge in [0.25, 0.3) is 0 Å². The van der Waals surface area contributed by atoms with Crippen LogP contribution >= 0.6 is 0 Å². The molecular weight excluding hydrogens is 585 g/mol. The second kappa shape index (κ2) is 36.7. The number of hydrogen-bond acceptors (Lipinski definition) is 2. The van der Waals surface area contributed by atoms with Crippen LogP contribution in [0.2, 0.25) is 0 Å². The first kappa shape index (κ1) is 46.4. The Morgan fingerprint density at radius 3 is 1.06 bits per heavy atom. The van der Waals surface area contributed by atoms with Gasteiger partial charge in [-0.25, -0.2) is 0 Å². The topological polar surface area (TPSA) is 26.3 Å². The number of ether oxygens (including phenoxy) is 1. The summed E-state index contributed by atoms with van der Waals surface area (Å²) in [5.41, 5.74) is 5.68. The van der Waals surface area contributed by atoms with Crippen LogP contribution in [0.1, 0.15) is 234 Å². The Kier molecular flexibility index (Phi) is 35.5. The molecule has 0 amide bonds. The van der Waals surface area contributed by atoms with Crippen LogP contribution in [0, 0.1) is 0 Å². The summed E-state index contributed by atoms with van der Waals surface area (Å²) in [6.07, 6.45) is 48.4. The Morgan fingerprint density at radius 2 is 0.708 bits per heavy atom. The number of unbranched alkanes of at least 4 members (excludes halogenated alkanes) is 22. The third-order valence-corrected chi connectivity index (χ3v) is 9.81. The van der Waals surface area contributed by atoms with Gasteiger partial charge in [-0.3, -0.25) is 4.79 Å². The van der Waals surface area contributed by atoms with Crippen molar-refractivity contribution in [2.45, 2.75) is 234 Å². The molecule has 0 rings (SSSR count). The molecule has 2 nitrogen and oxygen atoms in total. The molecule has 0 aromatic carbocycles. The van der Waals surface area contributed by atoms with Gasteiger partial charge in [0.1, 0.15) is 6.61 Å². The quantitative estimate of drug-likeness (QED) is 0.0382. The first-order valence-corrected chi connectivity index (χ1v) is 21.1. The molecular formula is C46H84O2. The van der Waals surface area contributed by atoms with Crippen molar-refractivity contribution in [3.63, 3.8) is 0 Å². The number of carbonyl (C=O) groups excluding carboxylic acids is 1. The zero-order chi connectivity index (χ0) is 35.3. The zero-order valence-electron chi connectivity index (χ0n) is 33.5. The van der Waals surface area contributed by atoms with Crippen LogP contribution in [-0.4, -0.2) is 12.6 Å². The molecule has 0 N–H and O–H groups in total. The fraction of sp³-hybridized carbons (Fsp3) is 0.804. The molecule has 0 saturated carbocycles. The Bertz CT molecular complexity index is 838. The first-order valence-electron chi connectivity index (χ1n) is 21.1. The molecule has 0 aliphatic heterocycles. The zero-order valence-corrected chi connectivity index (χ0v) is 33.5. The second-order valence-electron chi connectivity index (χ2n) is 15.3. The highest BCUT2D eigenvalue weighted by molar-refractivity contribution is 5.69. The molecule has 0 bridgehead atoms. The monoisotopic (exact) mass is 669 g/mol. The Morgan fingerprint density at radius 1 is 0.396 bits per heavy atom. The lowest BCUT2D eigenvalue weighted by Crippen LogP contribution is -2.04. The van der Waals surface area contributed by atoms with E-state index < -0.39 is 0 Å². The van der Waals surface area contributed by atoms with Crippen molar-refractivity contribution in [1.29, 1.82) is 0 Å². The Labute approximate surface area is 302 Å². The molecule has 0 aliphatic rings. The van der Waals surface area contributed by atoms with Crippen molar-refractivity contribution >= 4 is 5.97 Å². The van der Waals surface area contributed by atoms with Gasteiger partial charge in [0.05, 0.1) is 0 Å². The van der Waals surface area contributed by atoms with Crippen LogP contribution in [0.4, 0.5) is 0 Å². The number of hydrogen-bond donors (Lipinski definition) is 0. The average molecular weight is 669 g/mol. The van der Waals surface area contributed by atoms with Crippen molar-refractivity contribution in [3.8, 4) is 0 Å². The van der Waals surface area contributed by atoms with Gasteiger partial charge in [0.15, 0.2) is 0 Å².